The molecule has 21 heavy (non-hydrogen) atoms. The Morgan fingerprint density at radius 3 is 2.38 bits per heavy atom. The van der Waals surface area contributed by atoms with Crippen LogP contribution in [-0.4, -0.2) is 19.5 Å². The molecule has 0 aliphatic heterocycles. The molecular weight excluding hydrogens is 311 g/mol. The number of ether oxygens (including phenoxy) is 2. The molecule has 2 aromatic carbocycles. The first-order valence-electron chi connectivity index (χ1n) is 6.29. The third-order valence-corrected chi connectivity index (χ3v) is 3.64. The summed E-state index contributed by atoms with van der Waals surface area (Å²) in [5.74, 6) is 0.646. The number of carbonyl (C=O) groups is 1. The van der Waals surface area contributed by atoms with E-state index >= 15 is 0 Å². The maximum Gasteiger partial charge on any atom is 0.188 e. The van der Waals surface area contributed by atoms with Crippen molar-refractivity contribution in [2.45, 2.75) is 6.61 Å². The molecule has 5 heteroatoms. The van der Waals surface area contributed by atoms with Gasteiger partial charge in [0.25, 0.3) is 0 Å². The molecule has 0 heterocycles. The van der Waals surface area contributed by atoms with E-state index in [2.05, 4.69) is 0 Å². The Kier molecular flexibility index (Phi) is 5.62. The fourth-order valence-electron chi connectivity index (χ4n) is 1.74. The van der Waals surface area contributed by atoms with Gasteiger partial charge in [0.1, 0.15) is 12.4 Å². The molecule has 0 atom stereocenters. The number of methoxy groups -OCH3 is 1. The van der Waals surface area contributed by atoms with Crippen LogP contribution in [-0.2, 0) is 11.3 Å². The highest BCUT2D eigenvalue weighted by Gasteiger charge is 2.08. The van der Waals surface area contributed by atoms with Gasteiger partial charge >= 0.3 is 0 Å². The SMILES string of the molecule is COc1ccc(COCC(=O)c2ccc(Cl)c(Cl)c2)cc1. The van der Waals surface area contributed by atoms with Crippen molar-refractivity contribution in [2.24, 2.45) is 0 Å². The first-order valence-corrected chi connectivity index (χ1v) is 7.04. The molecule has 3 nitrogen and oxygen atoms in total. The highest BCUT2D eigenvalue weighted by atomic mass is 35.5. The van der Waals surface area contributed by atoms with Gasteiger partial charge in [-0.15, -0.1) is 0 Å². The van der Waals surface area contributed by atoms with Gasteiger partial charge in [-0.2, -0.15) is 0 Å². The van der Waals surface area contributed by atoms with E-state index in [1.165, 1.54) is 0 Å². The molecule has 0 radical (unpaired) electrons. The van der Waals surface area contributed by atoms with E-state index in [4.69, 9.17) is 32.7 Å². The minimum absolute atomic E-state index is 0.00993. The maximum atomic E-state index is 12.0. The van der Waals surface area contributed by atoms with Crippen molar-refractivity contribution in [1.29, 1.82) is 0 Å². The molecule has 0 saturated heterocycles. The Bertz CT molecular complexity index is 624. The predicted octanol–water partition coefficient (Wildman–Crippen LogP) is 4.40. The molecule has 0 saturated carbocycles. The standard InChI is InChI=1S/C16H14Cl2O3/c1-20-13-5-2-11(3-6-13)9-21-10-16(19)12-4-7-14(17)15(18)8-12/h2-8H,9-10H2,1H3. The van der Waals surface area contributed by atoms with Gasteiger partial charge in [-0.1, -0.05) is 35.3 Å². The van der Waals surface area contributed by atoms with Gasteiger partial charge in [-0.05, 0) is 35.9 Å². The Balaban J connectivity index is 1.87. The van der Waals surface area contributed by atoms with Crippen LogP contribution >= 0.6 is 23.2 Å². The van der Waals surface area contributed by atoms with Crippen molar-refractivity contribution in [2.75, 3.05) is 13.7 Å². The molecule has 0 N–H and O–H groups in total. The molecule has 0 aromatic heterocycles. The second kappa shape index (κ2) is 7.46. The fraction of sp³-hybridized carbons (Fsp3) is 0.188. The van der Waals surface area contributed by atoms with Crippen LogP contribution in [0.25, 0.3) is 0 Å². The minimum atomic E-state index is -0.137. The summed E-state index contributed by atoms with van der Waals surface area (Å²) in [5.41, 5.74) is 1.46. The zero-order valence-electron chi connectivity index (χ0n) is 11.4. The number of rotatable bonds is 6. The van der Waals surface area contributed by atoms with E-state index in [-0.39, 0.29) is 12.4 Å². The topological polar surface area (TPSA) is 35.5 Å². The zero-order valence-corrected chi connectivity index (χ0v) is 12.9. The molecule has 2 rings (SSSR count). The summed E-state index contributed by atoms with van der Waals surface area (Å²) in [6.07, 6.45) is 0. The normalized spacial score (nSPS) is 10.4. The number of carbonyl (C=O) groups excluding carboxylic acids is 1. The van der Waals surface area contributed by atoms with E-state index in [9.17, 15) is 4.79 Å². The van der Waals surface area contributed by atoms with Crippen LogP contribution in [0.1, 0.15) is 15.9 Å². The third-order valence-electron chi connectivity index (χ3n) is 2.90. The third kappa shape index (κ3) is 4.46. The van der Waals surface area contributed by atoms with Crippen LogP contribution in [0, 0.1) is 0 Å². The molecule has 0 fully saturated rings. The minimum Gasteiger partial charge on any atom is -0.497 e. The summed E-state index contributed by atoms with van der Waals surface area (Å²) in [6, 6.07) is 12.3. The summed E-state index contributed by atoms with van der Waals surface area (Å²) >= 11 is 11.7. The molecule has 2 aromatic rings. The summed E-state index contributed by atoms with van der Waals surface area (Å²) in [7, 11) is 1.61. The smallest absolute Gasteiger partial charge is 0.188 e. The number of hydrogen-bond acceptors (Lipinski definition) is 3. The molecular formula is C16H14Cl2O3. The van der Waals surface area contributed by atoms with Crippen LogP contribution in [0.2, 0.25) is 10.0 Å². The number of halogens is 2. The van der Waals surface area contributed by atoms with Gasteiger partial charge < -0.3 is 9.47 Å². The molecule has 110 valence electrons. The van der Waals surface area contributed by atoms with Crippen LogP contribution in [0.5, 0.6) is 5.75 Å². The predicted molar refractivity (Wildman–Crippen MR) is 83.4 cm³/mol. The van der Waals surface area contributed by atoms with Crippen LogP contribution in [0.3, 0.4) is 0 Å². The summed E-state index contributed by atoms with van der Waals surface area (Å²) in [5, 5.41) is 0.782. The number of benzene rings is 2. The van der Waals surface area contributed by atoms with Gasteiger partial charge in [-0.25, -0.2) is 0 Å². The van der Waals surface area contributed by atoms with Crippen molar-refractivity contribution in [3.05, 3.63) is 63.6 Å². The lowest BCUT2D eigenvalue weighted by molar-refractivity contribution is 0.0726. The van der Waals surface area contributed by atoms with Crippen LogP contribution in [0.4, 0.5) is 0 Å². The molecule has 0 bridgehead atoms. The lowest BCUT2D eigenvalue weighted by Crippen LogP contribution is -2.09. The van der Waals surface area contributed by atoms with E-state index in [1.54, 1.807) is 25.3 Å². The second-order valence-electron chi connectivity index (χ2n) is 4.39. The van der Waals surface area contributed by atoms with Gasteiger partial charge in [0, 0.05) is 5.56 Å². The second-order valence-corrected chi connectivity index (χ2v) is 5.21. The molecule has 0 aliphatic carbocycles. The van der Waals surface area contributed by atoms with E-state index in [1.807, 2.05) is 24.3 Å². The van der Waals surface area contributed by atoms with Crippen molar-refractivity contribution in [1.82, 2.24) is 0 Å². The molecule has 0 spiro atoms. The summed E-state index contributed by atoms with van der Waals surface area (Å²) in [4.78, 5) is 12.0. The van der Waals surface area contributed by atoms with Gasteiger partial charge in [0.2, 0.25) is 0 Å². The Morgan fingerprint density at radius 1 is 1.05 bits per heavy atom. The first kappa shape index (κ1) is 15.8. The van der Waals surface area contributed by atoms with Crippen molar-refractivity contribution >= 4 is 29.0 Å². The van der Waals surface area contributed by atoms with Crippen LogP contribution in [0.15, 0.2) is 42.5 Å². The monoisotopic (exact) mass is 324 g/mol. The molecule has 0 aliphatic rings. The molecule has 0 unspecified atom stereocenters. The summed E-state index contributed by atoms with van der Waals surface area (Å²) in [6.45, 7) is 0.348. The first-order chi connectivity index (χ1) is 10.1. The van der Waals surface area contributed by atoms with E-state index in [0.717, 1.165) is 11.3 Å². The number of ketones is 1. The Hall–Kier alpha value is -1.55. The maximum absolute atomic E-state index is 12.0. The van der Waals surface area contributed by atoms with E-state index in [0.29, 0.717) is 22.2 Å². The van der Waals surface area contributed by atoms with Crippen molar-refractivity contribution in [3.63, 3.8) is 0 Å². The average molecular weight is 325 g/mol. The van der Waals surface area contributed by atoms with Crippen molar-refractivity contribution < 1.29 is 14.3 Å². The fourth-order valence-corrected chi connectivity index (χ4v) is 2.03. The van der Waals surface area contributed by atoms with Crippen LogP contribution < -0.4 is 4.74 Å². The summed E-state index contributed by atoms with van der Waals surface area (Å²) < 4.78 is 10.5. The lowest BCUT2D eigenvalue weighted by atomic mass is 10.1. The Morgan fingerprint density at radius 2 is 1.76 bits per heavy atom. The van der Waals surface area contributed by atoms with Gasteiger partial charge in [0.05, 0.1) is 23.8 Å². The zero-order chi connectivity index (χ0) is 15.2. The highest BCUT2D eigenvalue weighted by molar-refractivity contribution is 6.42. The van der Waals surface area contributed by atoms with E-state index < -0.39 is 0 Å². The number of Topliss-reactive ketones (excluding diaryl/α,β-unsaturated/α-hetero) is 1. The largest absolute Gasteiger partial charge is 0.497 e. The number of hydrogen-bond donors (Lipinski definition) is 0. The quantitative estimate of drug-likeness (QED) is 0.739. The molecule has 0 amide bonds. The highest BCUT2D eigenvalue weighted by Crippen LogP contribution is 2.22. The average Bonchev–Trinajstić information content (AvgIpc) is 2.50. The Labute approximate surface area is 133 Å². The van der Waals surface area contributed by atoms with Gasteiger partial charge in [0.15, 0.2) is 5.78 Å². The van der Waals surface area contributed by atoms with Gasteiger partial charge in [-0.3, -0.25) is 4.79 Å². The van der Waals surface area contributed by atoms with Crippen molar-refractivity contribution in [3.8, 4) is 5.75 Å². The lowest BCUT2D eigenvalue weighted by Gasteiger charge is -2.06.